The van der Waals surface area contributed by atoms with Crippen molar-refractivity contribution in [3.05, 3.63) is 53.1 Å². The first kappa shape index (κ1) is 13.1. The van der Waals surface area contributed by atoms with E-state index in [1.165, 1.54) is 28.9 Å². The van der Waals surface area contributed by atoms with Gasteiger partial charge in [0.15, 0.2) is 11.6 Å². The van der Waals surface area contributed by atoms with Gasteiger partial charge >= 0.3 is 0 Å². The fraction of sp³-hybridized carbons (Fsp3) is 0.214. The zero-order valence-electron chi connectivity index (χ0n) is 10.7. The molecule has 0 atom stereocenters. The minimum absolute atomic E-state index is 0.238. The Hall–Kier alpha value is -2.30. The van der Waals surface area contributed by atoms with Crippen molar-refractivity contribution in [1.82, 2.24) is 9.78 Å². The van der Waals surface area contributed by atoms with Crippen molar-refractivity contribution in [2.24, 2.45) is 7.05 Å². The first-order chi connectivity index (χ1) is 8.97. The zero-order chi connectivity index (χ0) is 14.0. The molecule has 4 nitrogen and oxygen atoms in total. The number of nitrogens with zero attached hydrogens (tertiary/aromatic N) is 2. The predicted molar refractivity (Wildman–Crippen MR) is 67.6 cm³/mol. The number of carbonyl (C=O) groups excluding carboxylic acids is 2. The van der Waals surface area contributed by atoms with Gasteiger partial charge in [0.2, 0.25) is 0 Å². The Labute approximate surface area is 109 Å². The van der Waals surface area contributed by atoms with E-state index in [9.17, 15) is 14.0 Å². The Balaban J connectivity index is 2.13. The molecule has 98 valence electrons. The summed E-state index contributed by atoms with van der Waals surface area (Å²) in [5.41, 5.74) is 1.37. The van der Waals surface area contributed by atoms with Crippen molar-refractivity contribution >= 4 is 11.6 Å². The standard InChI is InChI=1S/C14H13FN2O2/c1-9-12(8-17(2)16-9)14(19)7-13(18)10-3-5-11(15)6-4-10/h3-6,8H,7H2,1-2H3. The van der Waals surface area contributed by atoms with Crippen LogP contribution in [0.15, 0.2) is 30.5 Å². The third-order valence-electron chi connectivity index (χ3n) is 2.80. The molecule has 1 aromatic heterocycles. The number of aryl methyl sites for hydroxylation is 2. The number of benzene rings is 1. The summed E-state index contributed by atoms with van der Waals surface area (Å²) in [7, 11) is 1.71. The van der Waals surface area contributed by atoms with E-state index in [-0.39, 0.29) is 18.0 Å². The van der Waals surface area contributed by atoms with E-state index in [0.29, 0.717) is 16.8 Å². The van der Waals surface area contributed by atoms with Gasteiger partial charge in [0.05, 0.1) is 17.7 Å². The third kappa shape index (κ3) is 2.93. The average molecular weight is 260 g/mol. The SMILES string of the molecule is Cc1nn(C)cc1C(=O)CC(=O)c1ccc(F)cc1. The van der Waals surface area contributed by atoms with E-state index in [0.717, 1.165) is 0 Å². The second-order valence-electron chi connectivity index (χ2n) is 4.33. The minimum Gasteiger partial charge on any atom is -0.294 e. The van der Waals surface area contributed by atoms with Gasteiger partial charge in [0.1, 0.15) is 5.82 Å². The number of aromatic nitrogens is 2. The molecule has 1 heterocycles. The Morgan fingerprint density at radius 2 is 1.84 bits per heavy atom. The summed E-state index contributed by atoms with van der Waals surface area (Å²) < 4.78 is 14.3. The summed E-state index contributed by atoms with van der Waals surface area (Å²) in [4.78, 5) is 23.9. The van der Waals surface area contributed by atoms with Crippen molar-refractivity contribution < 1.29 is 14.0 Å². The number of hydrogen-bond acceptors (Lipinski definition) is 3. The van der Waals surface area contributed by atoms with Gasteiger partial charge in [-0.15, -0.1) is 0 Å². The van der Waals surface area contributed by atoms with Gasteiger partial charge < -0.3 is 0 Å². The Kier molecular flexibility index (Phi) is 3.55. The van der Waals surface area contributed by atoms with Crippen LogP contribution in [0, 0.1) is 12.7 Å². The number of hydrogen-bond donors (Lipinski definition) is 0. The van der Waals surface area contributed by atoms with Crippen LogP contribution in [0.3, 0.4) is 0 Å². The molecule has 0 N–H and O–H groups in total. The lowest BCUT2D eigenvalue weighted by atomic mass is 10.0. The van der Waals surface area contributed by atoms with E-state index in [1.54, 1.807) is 20.2 Å². The Morgan fingerprint density at radius 1 is 1.21 bits per heavy atom. The summed E-state index contributed by atoms with van der Waals surface area (Å²) in [5.74, 6) is -1.01. The second kappa shape index (κ2) is 5.14. The highest BCUT2D eigenvalue weighted by molar-refractivity contribution is 6.13. The van der Waals surface area contributed by atoms with Crippen LogP contribution in [0.1, 0.15) is 32.8 Å². The fourth-order valence-corrected chi connectivity index (χ4v) is 1.85. The minimum atomic E-state index is -0.411. The Morgan fingerprint density at radius 3 is 2.37 bits per heavy atom. The summed E-state index contributed by atoms with van der Waals surface area (Å²) >= 11 is 0. The lowest BCUT2D eigenvalue weighted by Crippen LogP contribution is -2.09. The monoisotopic (exact) mass is 260 g/mol. The van der Waals surface area contributed by atoms with Crippen LogP contribution in [-0.2, 0) is 7.05 Å². The van der Waals surface area contributed by atoms with E-state index >= 15 is 0 Å². The highest BCUT2D eigenvalue weighted by Gasteiger charge is 2.17. The molecule has 0 bridgehead atoms. The average Bonchev–Trinajstić information content (AvgIpc) is 2.69. The first-order valence-corrected chi connectivity index (χ1v) is 5.79. The summed E-state index contributed by atoms with van der Waals surface area (Å²) in [6, 6.07) is 5.15. The molecule has 0 amide bonds. The normalized spacial score (nSPS) is 10.5. The van der Waals surface area contributed by atoms with Crippen LogP contribution in [-0.4, -0.2) is 21.3 Å². The molecule has 19 heavy (non-hydrogen) atoms. The van der Waals surface area contributed by atoms with Gasteiger partial charge in [-0.2, -0.15) is 5.10 Å². The molecule has 0 aliphatic rings. The molecular weight excluding hydrogens is 247 g/mol. The lowest BCUT2D eigenvalue weighted by Gasteiger charge is -2.00. The smallest absolute Gasteiger partial charge is 0.174 e. The molecule has 0 fully saturated rings. The predicted octanol–water partition coefficient (Wildman–Crippen LogP) is 2.32. The van der Waals surface area contributed by atoms with Crippen molar-refractivity contribution in [2.45, 2.75) is 13.3 Å². The van der Waals surface area contributed by atoms with E-state index in [1.807, 2.05) is 0 Å². The van der Waals surface area contributed by atoms with Gasteiger partial charge in [0, 0.05) is 18.8 Å². The maximum atomic E-state index is 12.7. The topological polar surface area (TPSA) is 52.0 Å². The molecule has 0 unspecified atom stereocenters. The number of carbonyl (C=O) groups is 2. The molecular formula is C14H13FN2O2. The van der Waals surface area contributed by atoms with Crippen LogP contribution >= 0.6 is 0 Å². The molecule has 0 aliphatic heterocycles. The summed E-state index contributed by atoms with van der Waals surface area (Å²) in [6.07, 6.45) is 1.35. The molecule has 0 saturated carbocycles. The first-order valence-electron chi connectivity index (χ1n) is 5.79. The largest absolute Gasteiger partial charge is 0.294 e. The van der Waals surface area contributed by atoms with Gasteiger partial charge in [-0.25, -0.2) is 4.39 Å². The highest BCUT2D eigenvalue weighted by atomic mass is 19.1. The van der Waals surface area contributed by atoms with Crippen LogP contribution in [0.5, 0.6) is 0 Å². The maximum absolute atomic E-state index is 12.7. The number of ketones is 2. The van der Waals surface area contributed by atoms with Crippen molar-refractivity contribution in [3.63, 3.8) is 0 Å². The van der Waals surface area contributed by atoms with Gasteiger partial charge in [-0.05, 0) is 31.2 Å². The molecule has 2 aromatic rings. The van der Waals surface area contributed by atoms with Gasteiger partial charge in [0.25, 0.3) is 0 Å². The van der Waals surface area contributed by atoms with Crippen LogP contribution in [0.2, 0.25) is 0 Å². The van der Waals surface area contributed by atoms with Crippen molar-refractivity contribution in [1.29, 1.82) is 0 Å². The molecule has 0 spiro atoms. The molecule has 0 aliphatic carbocycles. The van der Waals surface area contributed by atoms with Gasteiger partial charge in [-0.3, -0.25) is 14.3 Å². The van der Waals surface area contributed by atoms with Crippen LogP contribution < -0.4 is 0 Å². The van der Waals surface area contributed by atoms with Crippen molar-refractivity contribution in [2.75, 3.05) is 0 Å². The molecule has 5 heteroatoms. The lowest BCUT2D eigenvalue weighted by molar-refractivity contribution is 0.0894. The van der Waals surface area contributed by atoms with Crippen LogP contribution in [0.4, 0.5) is 4.39 Å². The van der Waals surface area contributed by atoms with E-state index < -0.39 is 5.82 Å². The Bertz CT molecular complexity index is 629. The molecule has 1 aromatic carbocycles. The molecule has 0 radical (unpaired) electrons. The molecule has 0 saturated heterocycles. The van der Waals surface area contributed by atoms with E-state index in [2.05, 4.69) is 5.10 Å². The summed E-state index contributed by atoms with van der Waals surface area (Å²) in [6.45, 7) is 1.72. The highest BCUT2D eigenvalue weighted by Crippen LogP contribution is 2.12. The zero-order valence-corrected chi connectivity index (χ0v) is 10.7. The van der Waals surface area contributed by atoms with Crippen molar-refractivity contribution in [3.8, 4) is 0 Å². The molecule has 2 rings (SSSR count). The quantitative estimate of drug-likeness (QED) is 0.626. The summed E-state index contributed by atoms with van der Waals surface area (Å²) in [5, 5.41) is 4.06. The number of halogens is 1. The maximum Gasteiger partial charge on any atom is 0.174 e. The second-order valence-corrected chi connectivity index (χ2v) is 4.33. The number of rotatable bonds is 4. The third-order valence-corrected chi connectivity index (χ3v) is 2.80. The van der Waals surface area contributed by atoms with E-state index in [4.69, 9.17) is 0 Å². The van der Waals surface area contributed by atoms with Crippen LogP contribution in [0.25, 0.3) is 0 Å². The fourth-order valence-electron chi connectivity index (χ4n) is 1.85. The number of Topliss-reactive ketones (excluding diaryl/α,β-unsaturated/α-hetero) is 2. The van der Waals surface area contributed by atoms with Gasteiger partial charge in [-0.1, -0.05) is 0 Å².